The monoisotopic (exact) mass is 335 g/mol. The Bertz CT molecular complexity index is 1020. The summed E-state index contributed by atoms with van der Waals surface area (Å²) in [5, 5.41) is 12.4. The lowest BCUT2D eigenvalue weighted by Crippen LogP contribution is -1.94. The Morgan fingerprint density at radius 3 is 2.92 bits per heavy atom. The fourth-order valence-electron chi connectivity index (χ4n) is 2.71. The summed E-state index contributed by atoms with van der Waals surface area (Å²) in [4.78, 5) is 4.51. The molecule has 3 heterocycles. The van der Waals surface area contributed by atoms with Crippen molar-refractivity contribution in [2.75, 3.05) is 7.11 Å². The molecular weight excluding hydrogens is 318 g/mol. The summed E-state index contributed by atoms with van der Waals surface area (Å²) in [6, 6.07) is 11.6. The predicted octanol–water partition coefficient (Wildman–Crippen LogP) is 2.94. The van der Waals surface area contributed by atoms with E-state index < -0.39 is 0 Å². The summed E-state index contributed by atoms with van der Waals surface area (Å²) in [5.74, 6) is 2.82. The highest BCUT2D eigenvalue weighted by atomic mass is 16.5. The van der Waals surface area contributed by atoms with E-state index in [0.29, 0.717) is 18.1 Å². The van der Waals surface area contributed by atoms with Gasteiger partial charge in [-0.2, -0.15) is 4.98 Å². The Labute approximate surface area is 144 Å². The van der Waals surface area contributed by atoms with Crippen LogP contribution in [-0.2, 0) is 12.8 Å². The number of ether oxygens (including phenoxy) is 1. The highest BCUT2D eigenvalue weighted by Gasteiger charge is 2.12. The lowest BCUT2D eigenvalue weighted by atomic mass is 10.1. The summed E-state index contributed by atoms with van der Waals surface area (Å²) in [7, 11) is 1.65. The molecule has 0 radical (unpaired) electrons. The van der Waals surface area contributed by atoms with Crippen molar-refractivity contribution in [3.05, 3.63) is 59.9 Å². The summed E-state index contributed by atoms with van der Waals surface area (Å²) in [6.07, 6.45) is 3.30. The van der Waals surface area contributed by atoms with Gasteiger partial charge in [-0.15, -0.1) is 10.2 Å². The summed E-state index contributed by atoms with van der Waals surface area (Å²) >= 11 is 0. The lowest BCUT2D eigenvalue weighted by Gasteiger charge is -2.01. The zero-order valence-corrected chi connectivity index (χ0v) is 14.0. The van der Waals surface area contributed by atoms with Crippen molar-refractivity contribution in [1.82, 2.24) is 24.7 Å². The molecule has 0 aliphatic rings. The number of pyridine rings is 1. The van der Waals surface area contributed by atoms with E-state index in [-0.39, 0.29) is 0 Å². The van der Waals surface area contributed by atoms with Gasteiger partial charge in [0.05, 0.1) is 13.5 Å². The lowest BCUT2D eigenvalue weighted by molar-refractivity contribution is 0.385. The number of benzene rings is 1. The molecule has 0 atom stereocenters. The van der Waals surface area contributed by atoms with Gasteiger partial charge < -0.3 is 9.26 Å². The summed E-state index contributed by atoms with van der Waals surface area (Å²) < 4.78 is 12.6. The molecule has 0 fully saturated rings. The Morgan fingerprint density at radius 2 is 2.08 bits per heavy atom. The van der Waals surface area contributed by atoms with Crippen molar-refractivity contribution in [1.29, 1.82) is 0 Å². The molecule has 0 amide bonds. The summed E-state index contributed by atoms with van der Waals surface area (Å²) in [6.45, 7) is 2.05. The van der Waals surface area contributed by atoms with Crippen LogP contribution in [0.4, 0.5) is 0 Å². The number of aromatic nitrogens is 5. The van der Waals surface area contributed by atoms with Crippen molar-refractivity contribution in [3.63, 3.8) is 0 Å². The van der Waals surface area contributed by atoms with Crippen LogP contribution in [-0.4, -0.2) is 31.8 Å². The maximum atomic E-state index is 5.40. The minimum Gasteiger partial charge on any atom is -0.497 e. The maximum absolute atomic E-state index is 5.40. The average molecular weight is 335 g/mol. The van der Waals surface area contributed by atoms with Crippen molar-refractivity contribution in [2.45, 2.75) is 19.8 Å². The fraction of sp³-hybridized carbons (Fsp3) is 0.222. The van der Waals surface area contributed by atoms with Crippen LogP contribution < -0.4 is 4.74 Å². The highest BCUT2D eigenvalue weighted by molar-refractivity contribution is 5.57. The molecule has 0 saturated heterocycles. The molecule has 4 aromatic rings. The van der Waals surface area contributed by atoms with E-state index >= 15 is 0 Å². The molecule has 7 heteroatoms. The first-order chi connectivity index (χ1) is 12.3. The van der Waals surface area contributed by atoms with Gasteiger partial charge in [0, 0.05) is 18.2 Å². The van der Waals surface area contributed by atoms with Crippen molar-refractivity contribution < 1.29 is 9.26 Å². The molecule has 7 nitrogen and oxygen atoms in total. The second-order valence-electron chi connectivity index (χ2n) is 5.66. The maximum Gasteiger partial charge on any atom is 0.231 e. The van der Waals surface area contributed by atoms with Crippen LogP contribution in [0, 0.1) is 0 Å². The molecule has 0 unspecified atom stereocenters. The number of hydrogen-bond acceptors (Lipinski definition) is 6. The number of rotatable bonds is 5. The molecule has 0 N–H and O–H groups in total. The van der Waals surface area contributed by atoms with E-state index in [1.54, 1.807) is 7.11 Å². The minimum atomic E-state index is 0.551. The average Bonchev–Trinajstić information content (AvgIpc) is 3.28. The third-order valence-electron chi connectivity index (χ3n) is 4.00. The Hall–Kier alpha value is -3.22. The minimum absolute atomic E-state index is 0.551. The second-order valence-corrected chi connectivity index (χ2v) is 5.66. The van der Waals surface area contributed by atoms with E-state index in [4.69, 9.17) is 9.26 Å². The van der Waals surface area contributed by atoms with Crippen LogP contribution in [0.3, 0.4) is 0 Å². The number of nitrogens with zero attached hydrogens (tertiary/aromatic N) is 5. The van der Waals surface area contributed by atoms with Crippen LogP contribution >= 0.6 is 0 Å². The zero-order chi connectivity index (χ0) is 17.2. The number of fused-ring (bicyclic) bond motifs is 1. The zero-order valence-electron chi connectivity index (χ0n) is 14.0. The van der Waals surface area contributed by atoms with Gasteiger partial charge in [-0.25, -0.2) is 0 Å². The summed E-state index contributed by atoms with van der Waals surface area (Å²) in [5.41, 5.74) is 2.72. The quantitative estimate of drug-likeness (QED) is 0.558. The van der Waals surface area contributed by atoms with Crippen molar-refractivity contribution in [2.24, 2.45) is 0 Å². The van der Waals surface area contributed by atoms with E-state index in [9.17, 15) is 0 Å². The molecule has 25 heavy (non-hydrogen) atoms. The van der Waals surface area contributed by atoms with Crippen LogP contribution in [0.25, 0.3) is 17.0 Å². The van der Waals surface area contributed by atoms with Crippen LogP contribution in [0.15, 0.2) is 47.1 Å². The van der Waals surface area contributed by atoms with Gasteiger partial charge in [0.1, 0.15) is 11.6 Å². The first-order valence-corrected chi connectivity index (χ1v) is 8.06. The van der Waals surface area contributed by atoms with Gasteiger partial charge in [0.2, 0.25) is 11.7 Å². The topological polar surface area (TPSA) is 78.3 Å². The Morgan fingerprint density at radius 1 is 1.16 bits per heavy atom. The van der Waals surface area contributed by atoms with Gasteiger partial charge in [-0.1, -0.05) is 24.2 Å². The van der Waals surface area contributed by atoms with Gasteiger partial charge in [-0.3, -0.25) is 4.40 Å². The van der Waals surface area contributed by atoms with Crippen LogP contribution in [0.5, 0.6) is 5.75 Å². The molecule has 0 aliphatic heterocycles. The van der Waals surface area contributed by atoms with Crippen LogP contribution in [0.1, 0.15) is 24.2 Å². The third kappa shape index (κ3) is 2.96. The molecule has 0 saturated carbocycles. The van der Waals surface area contributed by atoms with Crippen LogP contribution in [0.2, 0.25) is 0 Å². The Balaban J connectivity index is 1.62. The van der Waals surface area contributed by atoms with E-state index in [0.717, 1.165) is 34.8 Å². The molecule has 0 bridgehead atoms. The largest absolute Gasteiger partial charge is 0.497 e. The smallest absolute Gasteiger partial charge is 0.231 e. The van der Waals surface area contributed by atoms with E-state index in [2.05, 4.69) is 20.3 Å². The van der Waals surface area contributed by atoms with Gasteiger partial charge in [0.15, 0.2) is 5.65 Å². The number of hydrogen-bond donors (Lipinski definition) is 0. The standard InChI is InChI=1S/C18H17N5O2/c1-3-15-20-21-16-8-7-13(11-23(15)16)18-19-17(25-22-18)10-12-5-4-6-14(9-12)24-2/h4-9,11H,3,10H2,1-2H3. The first-order valence-electron chi connectivity index (χ1n) is 8.06. The number of aryl methyl sites for hydroxylation is 1. The molecule has 4 rings (SSSR count). The normalized spacial score (nSPS) is 11.1. The van der Waals surface area contributed by atoms with Gasteiger partial charge >= 0.3 is 0 Å². The first kappa shape index (κ1) is 15.3. The van der Waals surface area contributed by atoms with Gasteiger partial charge in [0.25, 0.3) is 0 Å². The fourth-order valence-corrected chi connectivity index (χ4v) is 2.71. The molecule has 126 valence electrons. The van der Waals surface area contributed by atoms with Crippen molar-refractivity contribution >= 4 is 5.65 Å². The molecule has 0 aliphatic carbocycles. The molecule has 3 aromatic heterocycles. The van der Waals surface area contributed by atoms with E-state index in [1.165, 1.54) is 0 Å². The molecule has 1 aromatic carbocycles. The molecule has 0 spiro atoms. The van der Waals surface area contributed by atoms with E-state index in [1.807, 2.05) is 53.9 Å². The molecular formula is C18H17N5O2. The second kappa shape index (κ2) is 6.35. The number of methoxy groups -OCH3 is 1. The SMILES string of the molecule is CCc1nnc2ccc(-c3noc(Cc4cccc(OC)c4)n3)cn12. The highest BCUT2D eigenvalue weighted by Crippen LogP contribution is 2.20. The third-order valence-corrected chi connectivity index (χ3v) is 4.00. The predicted molar refractivity (Wildman–Crippen MR) is 91.5 cm³/mol. The Kier molecular flexibility index (Phi) is 3.89. The van der Waals surface area contributed by atoms with Gasteiger partial charge in [-0.05, 0) is 29.8 Å². The van der Waals surface area contributed by atoms with Crippen molar-refractivity contribution in [3.8, 4) is 17.1 Å².